The number of hydroxylamine groups is 1. The van der Waals surface area contributed by atoms with Crippen LogP contribution in [0.1, 0.15) is 6.92 Å². The topological polar surface area (TPSA) is 102 Å². The van der Waals surface area contributed by atoms with Crippen molar-refractivity contribution in [1.29, 1.82) is 0 Å². The van der Waals surface area contributed by atoms with Crippen molar-refractivity contribution in [3.8, 4) is 0 Å². The molecule has 6 nitrogen and oxygen atoms in total. The van der Waals surface area contributed by atoms with Crippen LogP contribution in [0.15, 0.2) is 0 Å². The second kappa shape index (κ2) is 7.19. The Kier molecular flexibility index (Phi) is 7.06. The summed E-state index contributed by atoms with van der Waals surface area (Å²) in [7, 11) is 0. The fourth-order valence-electron chi connectivity index (χ4n) is 0.567. The van der Waals surface area contributed by atoms with E-state index in [9.17, 15) is 0 Å². The average molecular weight is 195 g/mol. The minimum atomic E-state index is -0.959. The molecule has 80 valence electrons. The predicted octanol–water partition coefficient (Wildman–Crippen LogP) is -2.40. The zero-order chi connectivity index (χ0) is 10.3. The smallest absolute Gasteiger partial charge is 0.105 e. The van der Waals surface area contributed by atoms with E-state index in [1.54, 1.807) is 6.92 Å². The first-order valence-corrected chi connectivity index (χ1v) is 4.08. The van der Waals surface area contributed by atoms with Crippen LogP contribution >= 0.6 is 0 Å². The SMILES string of the molecule is CC(ONCC(O)CO)C(O)CO. The second-order valence-electron chi connectivity index (χ2n) is 2.76. The van der Waals surface area contributed by atoms with Crippen LogP contribution < -0.4 is 5.48 Å². The molecular formula is C7H17NO5. The summed E-state index contributed by atoms with van der Waals surface area (Å²) in [4.78, 5) is 4.84. The van der Waals surface area contributed by atoms with Gasteiger partial charge in [-0.3, -0.25) is 4.84 Å². The van der Waals surface area contributed by atoms with Crippen molar-refractivity contribution >= 4 is 0 Å². The zero-order valence-corrected chi connectivity index (χ0v) is 7.55. The molecule has 0 radical (unpaired) electrons. The van der Waals surface area contributed by atoms with Crippen LogP contribution in [-0.2, 0) is 4.84 Å². The summed E-state index contributed by atoms with van der Waals surface area (Å²) < 4.78 is 0. The number of rotatable bonds is 7. The van der Waals surface area contributed by atoms with Gasteiger partial charge in [-0.25, -0.2) is 0 Å². The lowest BCUT2D eigenvalue weighted by Crippen LogP contribution is -2.37. The van der Waals surface area contributed by atoms with Gasteiger partial charge in [0.05, 0.1) is 19.3 Å². The minimum Gasteiger partial charge on any atom is -0.394 e. The third kappa shape index (κ3) is 5.92. The summed E-state index contributed by atoms with van der Waals surface area (Å²) in [5, 5.41) is 34.8. The number of aliphatic hydroxyl groups excluding tert-OH is 4. The summed E-state index contributed by atoms with van der Waals surface area (Å²) >= 11 is 0. The maximum Gasteiger partial charge on any atom is 0.105 e. The van der Waals surface area contributed by atoms with E-state index < -0.39 is 18.3 Å². The summed E-state index contributed by atoms with van der Waals surface area (Å²) in [5.41, 5.74) is 2.37. The van der Waals surface area contributed by atoms with Crippen LogP contribution in [-0.4, -0.2) is 58.5 Å². The largest absolute Gasteiger partial charge is 0.394 e. The van der Waals surface area contributed by atoms with Crippen molar-refractivity contribution in [3.63, 3.8) is 0 Å². The normalized spacial score (nSPS) is 18.2. The Labute approximate surface area is 76.7 Å². The molecule has 0 bridgehead atoms. The molecule has 0 fully saturated rings. The van der Waals surface area contributed by atoms with E-state index in [0.29, 0.717) is 0 Å². The first-order valence-electron chi connectivity index (χ1n) is 4.08. The van der Waals surface area contributed by atoms with Gasteiger partial charge in [-0.2, -0.15) is 5.48 Å². The van der Waals surface area contributed by atoms with Crippen LogP contribution in [0.2, 0.25) is 0 Å². The molecule has 0 aliphatic heterocycles. The molecule has 0 amide bonds. The van der Waals surface area contributed by atoms with Crippen LogP contribution in [0.3, 0.4) is 0 Å². The molecule has 5 N–H and O–H groups in total. The van der Waals surface area contributed by atoms with Crippen LogP contribution in [0.4, 0.5) is 0 Å². The Morgan fingerprint density at radius 2 is 1.85 bits per heavy atom. The van der Waals surface area contributed by atoms with Gasteiger partial charge in [0, 0.05) is 6.54 Å². The van der Waals surface area contributed by atoms with Crippen molar-refractivity contribution in [1.82, 2.24) is 5.48 Å². The van der Waals surface area contributed by atoms with Gasteiger partial charge in [0.1, 0.15) is 12.2 Å². The van der Waals surface area contributed by atoms with E-state index in [0.717, 1.165) is 0 Å². The summed E-state index contributed by atoms with van der Waals surface area (Å²) in [6, 6.07) is 0. The van der Waals surface area contributed by atoms with Crippen molar-refractivity contribution < 1.29 is 25.3 Å². The van der Waals surface area contributed by atoms with Gasteiger partial charge >= 0.3 is 0 Å². The fourth-order valence-corrected chi connectivity index (χ4v) is 0.567. The Balaban J connectivity index is 3.41. The standard InChI is InChI=1S/C7H17NO5/c1-5(7(12)4-10)13-8-2-6(11)3-9/h5-12H,2-4H2,1H3. The number of hydrogen-bond donors (Lipinski definition) is 5. The maximum atomic E-state index is 9.02. The molecule has 0 aromatic heterocycles. The summed E-state index contributed by atoms with van der Waals surface area (Å²) in [6.45, 7) is 0.900. The van der Waals surface area contributed by atoms with E-state index in [1.807, 2.05) is 0 Å². The molecule has 3 unspecified atom stereocenters. The monoisotopic (exact) mass is 195 g/mol. The van der Waals surface area contributed by atoms with Gasteiger partial charge < -0.3 is 20.4 Å². The highest BCUT2D eigenvalue weighted by Crippen LogP contribution is 1.95. The Hall–Kier alpha value is -0.240. The van der Waals surface area contributed by atoms with Crippen LogP contribution in [0.5, 0.6) is 0 Å². The Morgan fingerprint density at radius 3 is 2.31 bits per heavy atom. The maximum absolute atomic E-state index is 9.02. The molecule has 0 aromatic carbocycles. The van der Waals surface area contributed by atoms with Gasteiger partial charge in [0.2, 0.25) is 0 Å². The lowest BCUT2D eigenvalue weighted by Gasteiger charge is -2.18. The average Bonchev–Trinajstić information content (AvgIpc) is 2.15. The molecule has 0 aliphatic carbocycles. The Morgan fingerprint density at radius 1 is 1.23 bits per heavy atom. The van der Waals surface area contributed by atoms with E-state index in [-0.39, 0.29) is 19.8 Å². The lowest BCUT2D eigenvalue weighted by atomic mass is 10.2. The molecule has 3 atom stereocenters. The van der Waals surface area contributed by atoms with Crippen LogP contribution in [0.25, 0.3) is 0 Å². The summed E-state index contributed by atoms with van der Waals surface area (Å²) in [5.74, 6) is 0. The highest BCUT2D eigenvalue weighted by Gasteiger charge is 2.13. The minimum absolute atomic E-state index is 0.0684. The van der Waals surface area contributed by atoms with E-state index >= 15 is 0 Å². The van der Waals surface area contributed by atoms with Gasteiger partial charge in [0.15, 0.2) is 0 Å². The first-order chi connectivity index (χ1) is 6.11. The fraction of sp³-hybridized carbons (Fsp3) is 1.00. The lowest BCUT2D eigenvalue weighted by molar-refractivity contribution is -0.100. The first kappa shape index (κ1) is 12.8. The molecule has 0 saturated carbocycles. The Bertz CT molecular complexity index is 123. The number of aliphatic hydroxyl groups is 4. The van der Waals surface area contributed by atoms with Crippen molar-refractivity contribution in [2.45, 2.75) is 25.2 Å². The van der Waals surface area contributed by atoms with E-state index in [2.05, 4.69) is 5.48 Å². The van der Waals surface area contributed by atoms with Crippen LogP contribution in [0, 0.1) is 0 Å². The van der Waals surface area contributed by atoms with Crippen molar-refractivity contribution in [2.24, 2.45) is 0 Å². The molecular weight excluding hydrogens is 178 g/mol. The van der Waals surface area contributed by atoms with Gasteiger partial charge in [0.25, 0.3) is 0 Å². The second-order valence-corrected chi connectivity index (χ2v) is 2.76. The molecule has 0 aliphatic rings. The van der Waals surface area contributed by atoms with Gasteiger partial charge in [-0.15, -0.1) is 0 Å². The van der Waals surface area contributed by atoms with Gasteiger partial charge in [-0.1, -0.05) is 0 Å². The molecule has 6 heteroatoms. The molecule has 0 saturated heterocycles. The highest BCUT2D eigenvalue weighted by molar-refractivity contribution is 4.61. The van der Waals surface area contributed by atoms with Gasteiger partial charge in [-0.05, 0) is 6.92 Å². The molecule has 13 heavy (non-hydrogen) atoms. The third-order valence-corrected chi connectivity index (χ3v) is 1.53. The molecule has 0 heterocycles. The quantitative estimate of drug-likeness (QED) is 0.290. The molecule has 0 aromatic rings. The predicted molar refractivity (Wildman–Crippen MR) is 44.7 cm³/mol. The van der Waals surface area contributed by atoms with E-state index in [1.165, 1.54) is 0 Å². The molecule has 0 spiro atoms. The van der Waals surface area contributed by atoms with E-state index in [4.69, 9.17) is 25.3 Å². The number of hydrogen-bond acceptors (Lipinski definition) is 6. The molecule has 0 rings (SSSR count). The summed E-state index contributed by atoms with van der Waals surface area (Å²) in [6.07, 6.45) is -2.42. The highest BCUT2D eigenvalue weighted by atomic mass is 16.7. The zero-order valence-electron chi connectivity index (χ0n) is 7.55. The van der Waals surface area contributed by atoms with Crippen molar-refractivity contribution in [2.75, 3.05) is 19.8 Å². The van der Waals surface area contributed by atoms with Crippen molar-refractivity contribution in [3.05, 3.63) is 0 Å². The number of nitrogens with one attached hydrogen (secondary N) is 1. The third-order valence-electron chi connectivity index (χ3n) is 1.53.